The van der Waals surface area contributed by atoms with Crippen LogP contribution in [0.1, 0.15) is 10.5 Å². The molecule has 0 radical (unpaired) electrons. The van der Waals surface area contributed by atoms with Crippen LogP contribution < -0.4 is 4.57 Å². The first-order valence-electron chi connectivity index (χ1n) is 4.15. The largest absolute Gasteiger partial charge is 0.291 e. The molecule has 0 aliphatic heterocycles. The van der Waals surface area contributed by atoms with Gasteiger partial charge in [-0.2, -0.15) is 4.57 Å². The van der Waals surface area contributed by atoms with Crippen molar-refractivity contribution in [3.05, 3.63) is 42.2 Å². The van der Waals surface area contributed by atoms with E-state index in [9.17, 15) is 4.79 Å². The van der Waals surface area contributed by atoms with Gasteiger partial charge in [-0.25, -0.2) is 0 Å². The van der Waals surface area contributed by atoms with E-state index < -0.39 is 0 Å². The summed E-state index contributed by atoms with van der Waals surface area (Å²) in [5, 5.41) is 2.10. The first-order valence-corrected chi connectivity index (χ1v) is 4.15. The van der Waals surface area contributed by atoms with Gasteiger partial charge in [0.05, 0.1) is 5.39 Å². The molecule has 0 unspecified atom stereocenters. The molecule has 0 fully saturated rings. The van der Waals surface area contributed by atoms with Gasteiger partial charge in [0.1, 0.15) is 7.05 Å². The Morgan fingerprint density at radius 3 is 2.77 bits per heavy atom. The first kappa shape index (κ1) is 7.92. The summed E-state index contributed by atoms with van der Waals surface area (Å²) in [6, 6.07) is 9.87. The molecule has 13 heavy (non-hydrogen) atoms. The fraction of sp³-hybridized carbons (Fsp3) is 0.0909. The van der Waals surface area contributed by atoms with Crippen molar-refractivity contribution in [2.45, 2.75) is 0 Å². The lowest BCUT2D eigenvalue weighted by Gasteiger charge is -1.97. The fourth-order valence-corrected chi connectivity index (χ4v) is 1.48. The van der Waals surface area contributed by atoms with Crippen LogP contribution in [-0.2, 0) is 7.05 Å². The average Bonchev–Trinajstić information content (AvgIpc) is 2.18. The van der Waals surface area contributed by atoms with Crippen LogP contribution in [0.4, 0.5) is 0 Å². The molecule has 1 aromatic heterocycles. The van der Waals surface area contributed by atoms with Crippen LogP contribution in [0.2, 0.25) is 0 Å². The van der Waals surface area contributed by atoms with Gasteiger partial charge >= 0.3 is 0 Å². The molecular formula is C11H10NO+. The zero-order valence-electron chi connectivity index (χ0n) is 7.40. The molecule has 64 valence electrons. The number of aldehydes is 1. The minimum Gasteiger partial charge on any atom is -0.291 e. The molecule has 1 aromatic carbocycles. The molecule has 0 amide bonds. The van der Waals surface area contributed by atoms with Gasteiger partial charge < -0.3 is 0 Å². The summed E-state index contributed by atoms with van der Waals surface area (Å²) in [5.74, 6) is 0. The number of rotatable bonds is 1. The van der Waals surface area contributed by atoms with E-state index in [-0.39, 0.29) is 0 Å². The molecule has 2 heteroatoms. The Balaban J connectivity index is 2.91. The van der Waals surface area contributed by atoms with Gasteiger partial charge in [-0.1, -0.05) is 18.2 Å². The van der Waals surface area contributed by atoms with Crippen molar-refractivity contribution < 1.29 is 9.36 Å². The quantitative estimate of drug-likeness (QED) is 0.471. The Morgan fingerprint density at radius 2 is 2.00 bits per heavy atom. The van der Waals surface area contributed by atoms with Gasteiger partial charge in [-0.05, 0) is 11.5 Å². The Morgan fingerprint density at radius 1 is 1.23 bits per heavy atom. The Labute approximate surface area is 76.4 Å². The zero-order chi connectivity index (χ0) is 9.26. The van der Waals surface area contributed by atoms with Gasteiger partial charge in [0.15, 0.2) is 6.20 Å². The highest BCUT2D eigenvalue weighted by Crippen LogP contribution is 2.13. The average molecular weight is 172 g/mol. The minimum atomic E-state index is 0.720. The van der Waals surface area contributed by atoms with E-state index in [0.29, 0.717) is 0 Å². The number of pyridine rings is 1. The van der Waals surface area contributed by atoms with Crippen molar-refractivity contribution in [1.82, 2.24) is 0 Å². The first-order chi connectivity index (χ1) is 6.33. The minimum absolute atomic E-state index is 0.720. The topological polar surface area (TPSA) is 20.9 Å². The second-order valence-electron chi connectivity index (χ2n) is 3.02. The Bertz CT molecular complexity index is 463. The van der Waals surface area contributed by atoms with Crippen LogP contribution in [0.3, 0.4) is 0 Å². The Kier molecular flexibility index (Phi) is 1.81. The van der Waals surface area contributed by atoms with Gasteiger partial charge in [-0.3, -0.25) is 4.79 Å². The molecule has 0 saturated heterocycles. The molecule has 0 atom stereocenters. The third-order valence-corrected chi connectivity index (χ3v) is 2.21. The predicted octanol–water partition coefficient (Wildman–Crippen LogP) is 1.48. The molecule has 0 bridgehead atoms. The highest BCUT2D eigenvalue weighted by atomic mass is 16.1. The standard InChI is InChI=1S/C11H10NO/c1-12-7-6-9-4-2-3-5-10(9)11(12)8-13/h2-8H,1H3/q+1. The molecule has 0 aliphatic rings. The maximum atomic E-state index is 10.8. The number of hydrogen-bond donors (Lipinski definition) is 0. The van der Waals surface area contributed by atoms with E-state index >= 15 is 0 Å². The summed E-state index contributed by atoms with van der Waals surface area (Å²) >= 11 is 0. The molecule has 2 rings (SSSR count). The molecule has 1 heterocycles. The van der Waals surface area contributed by atoms with E-state index in [4.69, 9.17) is 0 Å². The second kappa shape index (κ2) is 2.98. The zero-order valence-corrected chi connectivity index (χ0v) is 7.40. The van der Waals surface area contributed by atoms with E-state index in [1.807, 2.05) is 48.1 Å². The number of carbonyl (C=O) groups excluding carboxylic acids is 1. The number of benzene rings is 1. The third kappa shape index (κ3) is 1.20. The van der Waals surface area contributed by atoms with Crippen molar-refractivity contribution in [3.8, 4) is 0 Å². The number of fused-ring (bicyclic) bond motifs is 1. The number of aromatic nitrogens is 1. The van der Waals surface area contributed by atoms with Crippen molar-refractivity contribution in [2.24, 2.45) is 7.05 Å². The summed E-state index contributed by atoms with van der Waals surface area (Å²) in [7, 11) is 1.87. The van der Waals surface area contributed by atoms with E-state index in [1.54, 1.807) is 0 Å². The summed E-state index contributed by atoms with van der Waals surface area (Å²) in [4.78, 5) is 10.8. The van der Waals surface area contributed by atoms with Crippen LogP contribution in [0, 0.1) is 0 Å². The van der Waals surface area contributed by atoms with Crippen LogP contribution in [-0.4, -0.2) is 6.29 Å². The third-order valence-electron chi connectivity index (χ3n) is 2.21. The lowest BCUT2D eigenvalue weighted by molar-refractivity contribution is -0.671. The van der Waals surface area contributed by atoms with Crippen LogP contribution in [0.5, 0.6) is 0 Å². The summed E-state index contributed by atoms with van der Waals surface area (Å²) < 4.78 is 1.83. The molecule has 0 N–H and O–H groups in total. The lowest BCUT2D eigenvalue weighted by atomic mass is 10.1. The van der Waals surface area contributed by atoms with Gasteiger partial charge in [0.2, 0.25) is 6.29 Å². The van der Waals surface area contributed by atoms with Crippen molar-refractivity contribution >= 4 is 17.1 Å². The number of nitrogens with zero attached hydrogens (tertiary/aromatic N) is 1. The van der Waals surface area contributed by atoms with Gasteiger partial charge in [0, 0.05) is 6.07 Å². The molecule has 0 aliphatic carbocycles. The van der Waals surface area contributed by atoms with Gasteiger partial charge in [0.25, 0.3) is 5.69 Å². The Hall–Kier alpha value is -1.70. The van der Waals surface area contributed by atoms with E-state index in [1.165, 1.54) is 0 Å². The normalized spacial score (nSPS) is 10.2. The molecule has 0 saturated carbocycles. The molecule has 0 spiro atoms. The van der Waals surface area contributed by atoms with Crippen molar-refractivity contribution in [2.75, 3.05) is 0 Å². The van der Waals surface area contributed by atoms with Gasteiger partial charge in [-0.15, -0.1) is 0 Å². The number of aryl methyl sites for hydroxylation is 1. The van der Waals surface area contributed by atoms with Crippen LogP contribution >= 0.6 is 0 Å². The SMILES string of the molecule is C[n+]1ccc2ccccc2c1C=O. The maximum absolute atomic E-state index is 10.8. The lowest BCUT2D eigenvalue weighted by Crippen LogP contribution is -2.32. The predicted molar refractivity (Wildman–Crippen MR) is 50.5 cm³/mol. The maximum Gasteiger partial charge on any atom is 0.253 e. The van der Waals surface area contributed by atoms with Crippen molar-refractivity contribution in [3.63, 3.8) is 0 Å². The highest BCUT2D eigenvalue weighted by Gasteiger charge is 2.09. The van der Waals surface area contributed by atoms with E-state index in [0.717, 1.165) is 22.8 Å². The summed E-state index contributed by atoms with van der Waals surface area (Å²) in [6.07, 6.45) is 2.79. The summed E-state index contributed by atoms with van der Waals surface area (Å²) in [5.41, 5.74) is 0.720. The monoisotopic (exact) mass is 172 g/mol. The molecule has 2 nitrogen and oxygen atoms in total. The van der Waals surface area contributed by atoms with E-state index in [2.05, 4.69) is 0 Å². The van der Waals surface area contributed by atoms with Crippen LogP contribution in [0.25, 0.3) is 10.8 Å². The molecule has 2 aromatic rings. The fourth-order valence-electron chi connectivity index (χ4n) is 1.48. The summed E-state index contributed by atoms with van der Waals surface area (Å²) in [6.45, 7) is 0. The number of carbonyl (C=O) groups is 1. The smallest absolute Gasteiger partial charge is 0.253 e. The number of hydrogen-bond acceptors (Lipinski definition) is 1. The highest BCUT2D eigenvalue weighted by molar-refractivity contribution is 5.94. The molecular weight excluding hydrogens is 162 g/mol. The second-order valence-corrected chi connectivity index (χ2v) is 3.02. The van der Waals surface area contributed by atoms with Crippen LogP contribution in [0.15, 0.2) is 36.5 Å². The van der Waals surface area contributed by atoms with Crippen molar-refractivity contribution in [1.29, 1.82) is 0 Å².